The van der Waals surface area contributed by atoms with Crippen molar-refractivity contribution in [2.75, 3.05) is 6.54 Å². The Balaban J connectivity index is 1.84. The second-order valence-electron chi connectivity index (χ2n) is 6.49. The van der Waals surface area contributed by atoms with Crippen LogP contribution in [0.2, 0.25) is 0 Å². The highest BCUT2D eigenvalue weighted by molar-refractivity contribution is 5.82. The first kappa shape index (κ1) is 17.2. The third-order valence-electron chi connectivity index (χ3n) is 4.88. The summed E-state index contributed by atoms with van der Waals surface area (Å²) < 4.78 is 1.83. The van der Waals surface area contributed by atoms with Gasteiger partial charge < -0.3 is 10.0 Å². The largest absolute Gasteiger partial charge is 0.481 e. The Morgan fingerprint density at radius 1 is 1.28 bits per heavy atom. The van der Waals surface area contributed by atoms with Crippen molar-refractivity contribution in [3.63, 3.8) is 0 Å². The fourth-order valence-electron chi connectivity index (χ4n) is 3.61. The summed E-state index contributed by atoms with van der Waals surface area (Å²) in [5.41, 5.74) is 1.95. The van der Waals surface area contributed by atoms with Crippen molar-refractivity contribution in [2.24, 2.45) is 5.92 Å². The van der Waals surface area contributed by atoms with Crippen LogP contribution in [0.25, 0.3) is 0 Å². The highest BCUT2D eigenvalue weighted by Crippen LogP contribution is 2.38. The molecule has 132 valence electrons. The number of benzene rings is 1. The molecule has 0 radical (unpaired) electrons. The lowest BCUT2D eigenvalue weighted by Gasteiger charge is -2.40. The lowest BCUT2D eigenvalue weighted by molar-refractivity contribution is -0.152. The average Bonchev–Trinajstić information content (AvgIpc) is 3.10. The molecule has 1 aliphatic rings. The van der Waals surface area contributed by atoms with Crippen LogP contribution < -0.4 is 0 Å². The smallest absolute Gasteiger partial charge is 0.308 e. The Labute approximate surface area is 147 Å². The molecule has 0 saturated carbocycles. The molecule has 6 nitrogen and oxygen atoms in total. The molecule has 0 bridgehead atoms. The van der Waals surface area contributed by atoms with E-state index in [-0.39, 0.29) is 5.91 Å². The van der Waals surface area contributed by atoms with E-state index in [0.29, 0.717) is 25.9 Å². The molecule has 2 aromatic rings. The summed E-state index contributed by atoms with van der Waals surface area (Å²) in [6, 6.07) is 9.20. The number of carbonyl (C=O) groups is 2. The standard InChI is InChI=1S/C19H23N3O3/c1-14-6-2-3-7-15(14)18-16(19(24)25)8-9-17(23)22(18)13-5-12-21-11-4-10-20-21/h2-4,6-7,10-11,16,18H,5,8-9,12-13H2,1H3,(H,24,25). The first-order valence-electron chi connectivity index (χ1n) is 8.63. The van der Waals surface area contributed by atoms with Gasteiger partial charge in [-0.25, -0.2) is 0 Å². The van der Waals surface area contributed by atoms with Gasteiger partial charge in [-0.1, -0.05) is 24.3 Å². The van der Waals surface area contributed by atoms with Crippen LogP contribution in [0, 0.1) is 12.8 Å². The summed E-state index contributed by atoms with van der Waals surface area (Å²) >= 11 is 0. The highest BCUT2D eigenvalue weighted by Gasteiger charge is 2.40. The summed E-state index contributed by atoms with van der Waals surface area (Å²) in [6.45, 7) is 3.20. The molecule has 2 heterocycles. The van der Waals surface area contributed by atoms with Crippen LogP contribution in [0.1, 0.15) is 36.4 Å². The van der Waals surface area contributed by atoms with Gasteiger partial charge in [0.15, 0.2) is 0 Å². The van der Waals surface area contributed by atoms with Crippen LogP contribution in [-0.2, 0) is 16.1 Å². The Morgan fingerprint density at radius 2 is 2.08 bits per heavy atom. The van der Waals surface area contributed by atoms with Gasteiger partial charge in [0.1, 0.15) is 0 Å². The number of likely N-dealkylation sites (tertiary alicyclic amines) is 1. The van der Waals surface area contributed by atoms with Crippen LogP contribution in [0.15, 0.2) is 42.7 Å². The number of aliphatic carboxylic acids is 1. The molecule has 0 aliphatic carbocycles. The number of aromatic nitrogens is 2. The van der Waals surface area contributed by atoms with Crippen molar-refractivity contribution >= 4 is 11.9 Å². The average molecular weight is 341 g/mol. The number of nitrogens with zero attached hydrogens (tertiary/aromatic N) is 3. The molecule has 1 fully saturated rings. The minimum Gasteiger partial charge on any atom is -0.481 e. The molecule has 1 aromatic heterocycles. The maximum atomic E-state index is 12.6. The number of amides is 1. The molecule has 3 rings (SSSR count). The third kappa shape index (κ3) is 3.73. The predicted octanol–water partition coefficient (Wildman–Crippen LogP) is 2.65. The predicted molar refractivity (Wildman–Crippen MR) is 92.8 cm³/mol. The van der Waals surface area contributed by atoms with Crippen molar-refractivity contribution in [1.82, 2.24) is 14.7 Å². The van der Waals surface area contributed by atoms with E-state index in [1.54, 1.807) is 11.1 Å². The van der Waals surface area contributed by atoms with Crippen LogP contribution >= 0.6 is 0 Å². The second kappa shape index (κ2) is 7.51. The minimum absolute atomic E-state index is 0.0335. The normalized spacial score (nSPS) is 20.7. The number of rotatable bonds is 6. The monoisotopic (exact) mass is 341 g/mol. The van der Waals surface area contributed by atoms with Gasteiger partial charge >= 0.3 is 5.97 Å². The second-order valence-corrected chi connectivity index (χ2v) is 6.49. The zero-order valence-electron chi connectivity index (χ0n) is 14.3. The maximum Gasteiger partial charge on any atom is 0.308 e. The van der Waals surface area contributed by atoms with Crippen LogP contribution in [0.3, 0.4) is 0 Å². The first-order chi connectivity index (χ1) is 12.1. The van der Waals surface area contributed by atoms with E-state index in [1.807, 2.05) is 48.1 Å². The number of piperidine rings is 1. The minimum atomic E-state index is -0.835. The maximum absolute atomic E-state index is 12.6. The Kier molecular flexibility index (Phi) is 5.16. The number of carboxylic acids is 1. The number of hydrogen-bond acceptors (Lipinski definition) is 3. The molecule has 1 N–H and O–H groups in total. The van der Waals surface area contributed by atoms with E-state index < -0.39 is 17.9 Å². The van der Waals surface area contributed by atoms with Gasteiger partial charge in [0.25, 0.3) is 0 Å². The molecule has 2 unspecified atom stereocenters. The van der Waals surface area contributed by atoms with Crippen molar-refractivity contribution in [2.45, 2.75) is 38.8 Å². The van der Waals surface area contributed by atoms with E-state index in [9.17, 15) is 14.7 Å². The van der Waals surface area contributed by atoms with Crippen LogP contribution in [0.4, 0.5) is 0 Å². The fraction of sp³-hybridized carbons (Fsp3) is 0.421. The first-order valence-corrected chi connectivity index (χ1v) is 8.63. The summed E-state index contributed by atoms with van der Waals surface area (Å²) in [7, 11) is 0. The molecule has 1 aromatic carbocycles. The van der Waals surface area contributed by atoms with E-state index in [0.717, 1.165) is 17.5 Å². The lowest BCUT2D eigenvalue weighted by Crippen LogP contribution is -2.46. The van der Waals surface area contributed by atoms with Gasteiger partial charge in [-0.05, 0) is 37.0 Å². The lowest BCUT2D eigenvalue weighted by atomic mass is 9.82. The number of carbonyl (C=O) groups excluding carboxylic acids is 1. The summed E-state index contributed by atoms with van der Waals surface area (Å²) in [6.07, 6.45) is 5.03. The summed E-state index contributed by atoms with van der Waals surface area (Å²) in [4.78, 5) is 26.1. The highest BCUT2D eigenvalue weighted by atomic mass is 16.4. The zero-order chi connectivity index (χ0) is 17.8. The summed E-state index contributed by atoms with van der Waals surface area (Å²) in [5, 5.41) is 13.9. The quantitative estimate of drug-likeness (QED) is 0.876. The van der Waals surface area contributed by atoms with Gasteiger partial charge in [-0.3, -0.25) is 14.3 Å². The SMILES string of the molecule is Cc1ccccc1C1C(C(=O)O)CCC(=O)N1CCCn1cccn1. The molecule has 6 heteroatoms. The molecule has 25 heavy (non-hydrogen) atoms. The molecule has 1 amide bonds. The Bertz CT molecular complexity index is 742. The van der Waals surface area contributed by atoms with E-state index >= 15 is 0 Å². The van der Waals surface area contributed by atoms with Gasteiger partial charge in [-0.2, -0.15) is 5.10 Å². The topological polar surface area (TPSA) is 75.4 Å². The van der Waals surface area contributed by atoms with Gasteiger partial charge in [-0.15, -0.1) is 0 Å². The fourth-order valence-corrected chi connectivity index (χ4v) is 3.61. The van der Waals surface area contributed by atoms with Crippen molar-refractivity contribution in [1.29, 1.82) is 0 Å². The Hall–Kier alpha value is -2.63. The van der Waals surface area contributed by atoms with Crippen molar-refractivity contribution < 1.29 is 14.7 Å². The summed E-state index contributed by atoms with van der Waals surface area (Å²) in [5.74, 6) is -1.37. The molecule has 1 aliphatic heterocycles. The van der Waals surface area contributed by atoms with Crippen molar-refractivity contribution in [3.8, 4) is 0 Å². The number of aryl methyl sites for hydroxylation is 2. The van der Waals surface area contributed by atoms with Gasteiger partial charge in [0, 0.05) is 31.9 Å². The molecule has 2 atom stereocenters. The molecular weight excluding hydrogens is 318 g/mol. The van der Waals surface area contributed by atoms with E-state index in [4.69, 9.17) is 0 Å². The number of carboxylic acid groups (broad SMARTS) is 1. The zero-order valence-corrected chi connectivity index (χ0v) is 14.3. The van der Waals surface area contributed by atoms with Crippen molar-refractivity contribution in [3.05, 3.63) is 53.9 Å². The Morgan fingerprint density at radius 3 is 2.76 bits per heavy atom. The molecule has 1 saturated heterocycles. The van der Waals surface area contributed by atoms with Crippen LogP contribution in [0.5, 0.6) is 0 Å². The third-order valence-corrected chi connectivity index (χ3v) is 4.88. The molecule has 0 spiro atoms. The van der Waals surface area contributed by atoms with Crippen LogP contribution in [-0.4, -0.2) is 38.2 Å². The number of hydrogen-bond donors (Lipinski definition) is 1. The van der Waals surface area contributed by atoms with Gasteiger partial charge in [0.05, 0.1) is 12.0 Å². The van der Waals surface area contributed by atoms with E-state index in [2.05, 4.69) is 5.10 Å². The van der Waals surface area contributed by atoms with E-state index in [1.165, 1.54) is 0 Å². The molecular formula is C19H23N3O3. The van der Waals surface area contributed by atoms with Gasteiger partial charge in [0.2, 0.25) is 5.91 Å².